The topological polar surface area (TPSA) is 76.1 Å². The van der Waals surface area contributed by atoms with E-state index in [1.165, 1.54) is 0 Å². The normalized spacial score (nSPS) is 22.0. The highest BCUT2D eigenvalue weighted by atomic mass is 32.1. The van der Waals surface area contributed by atoms with E-state index < -0.39 is 0 Å². The van der Waals surface area contributed by atoms with Gasteiger partial charge in [-0.1, -0.05) is 0 Å². The van der Waals surface area contributed by atoms with Gasteiger partial charge in [0.2, 0.25) is 5.91 Å². The fourth-order valence-electron chi connectivity index (χ4n) is 5.46. The predicted molar refractivity (Wildman–Crippen MR) is 131 cm³/mol. The predicted octanol–water partition coefficient (Wildman–Crippen LogP) is 5.23. The zero-order chi connectivity index (χ0) is 23.1. The monoisotopic (exact) mass is 480 g/mol. The van der Waals surface area contributed by atoms with Crippen LogP contribution in [0.25, 0.3) is 10.6 Å². The molecule has 8 heteroatoms. The van der Waals surface area contributed by atoms with Crippen molar-refractivity contribution in [2.45, 2.75) is 71.4 Å². The van der Waals surface area contributed by atoms with Crippen LogP contribution in [0.5, 0.6) is 0 Å². The summed E-state index contributed by atoms with van der Waals surface area (Å²) in [7, 11) is 0. The van der Waals surface area contributed by atoms with Crippen molar-refractivity contribution in [3.05, 3.63) is 50.7 Å². The lowest BCUT2D eigenvalue weighted by molar-refractivity contribution is -0.133. The van der Waals surface area contributed by atoms with Crippen LogP contribution in [0.3, 0.4) is 0 Å². The Bertz CT molecular complexity index is 1170. The largest absolute Gasteiger partial charge is 0.337 e. The first-order chi connectivity index (χ1) is 15.9. The highest BCUT2D eigenvalue weighted by molar-refractivity contribution is 7.16. The first-order valence-electron chi connectivity index (χ1n) is 11.5. The van der Waals surface area contributed by atoms with Crippen LogP contribution in [0, 0.1) is 19.8 Å². The maximum Gasteiger partial charge on any atom is 0.219 e. The number of nitrogens with zero attached hydrogens (tertiary/aromatic N) is 4. The molecule has 2 aliphatic rings. The number of ketones is 1. The lowest BCUT2D eigenvalue weighted by Gasteiger charge is -2.38. The fourth-order valence-corrected chi connectivity index (χ4v) is 7.22. The summed E-state index contributed by atoms with van der Waals surface area (Å²) in [6.45, 7) is 5.70. The zero-order valence-corrected chi connectivity index (χ0v) is 20.8. The third kappa shape index (κ3) is 4.64. The van der Waals surface area contributed by atoms with Gasteiger partial charge >= 0.3 is 0 Å². The molecular weight excluding hydrogens is 452 g/mol. The molecule has 1 amide bonds. The molecule has 0 N–H and O–H groups in total. The van der Waals surface area contributed by atoms with E-state index in [4.69, 9.17) is 4.98 Å². The van der Waals surface area contributed by atoms with Crippen LogP contribution in [0.1, 0.15) is 70.8 Å². The van der Waals surface area contributed by atoms with Crippen LogP contribution in [-0.4, -0.2) is 43.6 Å². The van der Waals surface area contributed by atoms with Crippen LogP contribution in [0.2, 0.25) is 0 Å². The minimum Gasteiger partial charge on any atom is -0.337 e. The molecule has 0 aromatic carbocycles. The molecule has 3 aromatic rings. The summed E-state index contributed by atoms with van der Waals surface area (Å²) in [5.74, 6) is 0.692. The van der Waals surface area contributed by atoms with Gasteiger partial charge in [-0.25, -0.2) is 9.97 Å². The number of Topliss-reactive ketones (excluding diaryl/α,β-unsaturated/α-hetero) is 1. The molecule has 33 heavy (non-hydrogen) atoms. The summed E-state index contributed by atoms with van der Waals surface area (Å²) in [5, 5.41) is 4.14. The standard InChI is InChI=1S/C25H28N4O2S2/c1-14-25(33-15(2)27-14)22-13-32-24(28-22)11-19-5-4-18(12-26-19)23(31)10-17-8-20-6-7-21(9-17)29(20)16(3)30/h4-5,12-13,17,20-21H,6-11H2,1-3H3/t17?,20-,21+. The molecule has 172 valence electrons. The van der Waals surface area contributed by atoms with Crippen molar-refractivity contribution < 1.29 is 9.59 Å². The van der Waals surface area contributed by atoms with E-state index in [9.17, 15) is 9.59 Å². The van der Waals surface area contributed by atoms with E-state index >= 15 is 0 Å². The molecule has 3 atom stereocenters. The quantitative estimate of drug-likeness (QED) is 0.452. The summed E-state index contributed by atoms with van der Waals surface area (Å²) in [5.41, 5.74) is 3.60. The van der Waals surface area contributed by atoms with Gasteiger partial charge in [-0.3, -0.25) is 14.6 Å². The van der Waals surface area contributed by atoms with E-state index in [1.807, 2.05) is 26.0 Å². The van der Waals surface area contributed by atoms with Crippen molar-refractivity contribution in [2.75, 3.05) is 0 Å². The average Bonchev–Trinajstić information content (AvgIpc) is 3.44. The number of pyridine rings is 1. The van der Waals surface area contributed by atoms with Gasteiger partial charge in [0.05, 0.1) is 26.3 Å². The van der Waals surface area contributed by atoms with E-state index in [1.54, 1.807) is 35.8 Å². The zero-order valence-electron chi connectivity index (χ0n) is 19.2. The van der Waals surface area contributed by atoms with Crippen molar-refractivity contribution in [3.8, 4) is 10.6 Å². The number of carbonyl (C=O) groups excluding carboxylic acids is 2. The number of aryl methyl sites for hydroxylation is 2. The molecule has 1 unspecified atom stereocenters. The van der Waals surface area contributed by atoms with Gasteiger partial charge in [0.1, 0.15) is 0 Å². The van der Waals surface area contributed by atoms with E-state index in [0.29, 0.717) is 36.4 Å². The average molecular weight is 481 g/mol. The highest BCUT2D eigenvalue weighted by Crippen LogP contribution is 2.40. The Morgan fingerprint density at radius 1 is 1.12 bits per heavy atom. The fraction of sp³-hybridized carbons (Fsp3) is 0.480. The summed E-state index contributed by atoms with van der Waals surface area (Å²) < 4.78 is 0. The maximum absolute atomic E-state index is 12.9. The van der Waals surface area contributed by atoms with Crippen molar-refractivity contribution >= 4 is 34.4 Å². The SMILES string of the molecule is CC(=O)N1[C@@H]2CC[C@H]1CC(CC(=O)c1ccc(Cc3nc(-c4sc(C)nc4C)cs3)nc1)C2. The van der Waals surface area contributed by atoms with Crippen molar-refractivity contribution in [3.63, 3.8) is 0 Å². The number of rotatable bonds is 6. The second-order valence-electron chi connectivity index (χ2n) is 9.26. The lowest BCUT2D eigenvalue weighted by atomic mass is 9.86. The number of hydrogen-bond acceptors (Lipinski definition) is 7. The molecule has 2 fully saturated rings. The number of amides is 1. The van der Waals surface area contributed by atoms with Gasteiger partial charge in [0.15, 0.2) is 5.78 Å². The van der Waals surface area contributed by atoms with Gasteiger partial charge in [-0.05, 0) is 57.6 Å². The van der Waals surface area contributed by atoms with E-state index in [2.05, 4.69) is 20.2 Å². The van der Waals surface area contributed by atoms with Crippen molar-refractivity contribution in [1.29, 1.82) is 0 Å². The number of fused-ring (bicyclic) bond motifs is 2. The van der Waals surface area contributed by atoms with Crippen molar-refractivity contribution in [2.24, 2.45) is 5.92 Å². The molecule has 2 bridgehead atoms. The Morgan fingerprint density at radius 3 is 2.48 bits per heavy atom. The maximum atomic E-state index is 12.9. The van der Waals surface area contributed by atoms with Gasteiger partial charge in [-0.15, -0.1) is 22.7 Å². The molecule has 5 rings (SSSR count). The number of carbonyl (C=O) groups is 2. The van der Waals surface area contributed by atoms with Gasteiger partial charge < -0.3 is 4.90 Å². The second kappa shape index (κ2) is 9.06. The molecule has 0 saturated carbocycles. The minimum absolute atomic E-state index is 0.155. The minimum atomic E-state index is 0.155. The number of thiazole rings is 2. The molecule has 0 spiro atoms. The van der Waals surface area contributed by atoms with Crippen LogP contribution < -0.4 is 0 Å². The molecule has 6 nitrogen and oxygen atoms in total. The second-order valence-corrected chi connectivity index (χ2v) is 11.4. The van der Waals surface area contributed by atoms with Crippen LogP contribution in [0.4, 0.5) is 0 Å². The van der Waals surface area contributed by atoms with Gasteiger partial charge in [-0.2, -0.15) is 0 Å². The number of hydrogen-bond donors (Lipinski definition) is 0. The molecule has 3 aromatic heterocycles. The molecule has 0 aliphatic carbocycles. The van der Waals surface area contributed by atoms with Crippen molar-refractivity contribution in [1.82, 2.24) is 19.9 Å². The van der Waals surface area contributed by atoms with Gasteiger partial charge in [0, 0.05) is 54.7 Å². The van der Waals surface area contributed by atoms with Crippen LogP contribution in [0.15, 0.2) is 23.7 Å². The first-order valence-corrected chi connectivity index (χ1v) is 13.2. The molecule has 5 heterocycles. The van der Waals surface area contributed by atoms with Crippen LogP contribution in [-0.2, 0) is 11.2 Å². The summed E-state index contributed by atoms with van der Waals surface area (Å²) in [4.78, 5) is 41.8. The first kappa shape index (κ1) is 22.3. The molecule has 2 saturated heterocycles. The number of aromatic nitrogens is 3. The smallest absolute Gasteiger partial charge is 0.219 e. The van der Waals surface area contributed by atoms with Crippen LogP contribution >= 0.6 is 22.7 Å². The summed E-state index contributed by atoms with van der Waals surface area (Å²) >= 11 is 3.30. The Hall–Kier alpha value is -2.45. The molecular formula is C25H28N4O2S2. The Balaban J connectivity index is 1.19. The van der Waals surface area contributed by atoms with Gasteiger partial charge in [0.25, 0.3) is 0 Å². The summed E-state index contributed by atoms with van der Waals surface area (Å²) in [6.07, 6.45) is 6.95. The Morgan fingerprint density at radius 2 is 1.88 bits per heavy atom. The third-order valence-electron chi connectivity index (χ3n) is 6.84. The number of piperidine rings is 1. The van der Waals surface area contributed by atoms with E-state index in [0.717, 1.165) is 57.7 Å². The highest BCUT2D eigenvalue weighted by Gasteiger charge is 2.42. The molecule has 2 aliphatic heterocycles. The Labute approximate surface area is 202 Å². The third-order valence-corrected chi connectivity index (χ3v) is 8.78. The molecule has 0 radical (unpaired) electrons. The summed E-state index contributed by atoms with van der Waals surface area (Å²) in [6, 6.07) is 4.48. The van der Waals surface area contributed by atoms with E-state index in [-0.39, 0.29) is 11.7 Å². The Kier molecular flexibility index (Phi) is 6.14. The lowest BCUT2D eigenvalue weighted by Crippen LogP contribution is -2.45.